The SMILES string of the molecule is Cc1ccc(C(N)CN2CC(C(C)(C)C)CC2=O)cc1. The number of hydrogen-bond acceptors (Lipinski definition) is 2. The highest BCUT2D eigenvalue weighted by Crippen LogP contribution is 2.34. The number of likely N-dealkylation sites (tertiary alicyclic amines) is 1. The molecule has 2 N–H and O–H groups in total. The molecule has 0 radical (unpaired) electrons. The van der Waals surface area contributed by atoms with Crippen molar-refractivity contribution in [1.82, 2.24) is 4.90 Å². The van der Waals surface area contributed by atoms with Crippen molar-refractivity contribution in [3.8, 4) is 0 Å². The maximum absolute atomic E-state index is 12.1. The molecule has 0 aliphatic carbocycles. The Balaban J connectivity index is 2.00. The Labute approximate surface area is 122 Å². The van der Waals surface area contributed by atoms with Crippen LogP contribution in [-0.4, -0.2) is 23.9 Å². The number of aryl methyl sites for hydroxylation is 1. The molecule has 0 spiro atoms. The Bertz CT molecular complexity index is 473. The first-order chi connectivity index (χ1) is 9.27. The van der Waals surface area contributed by atoms with E-state index in [-0.39, 0.29) is 17.4 Å². The molecule has 2 atom stereocenters. The smallest absolute Gasteiger partial charge is 0.223 e. The minimum atomic E-state index is -0.0988. The molecule has 0 saturated carbocycles. The van der Waals surface area contributed by atoms with Crippen LogP contribution in [0.2, 0.25) is 0 Å². The average molecular weight is 274 g/mol. The summed E-state index contributed by atoms with van der Waals surface area (Å²) in [6, 6.07) is 8.15. The molecule has 0 bridgehead atoms. The maximum atomic E-state index is 12.1. The third-order valence-electron chi connectivity index (χ3n) is 4.36. The van der Waals surface area contributed by atoms with Gasteiger partial charge in [-0.25, -0.2) is 0 Å². The normalized spacial score (nSPS) is 21.4. The zero-order valence-corrected chi connectivity index (χ0v) is 13.0. The fraction of sp³-hybridized carbons (Fsp3) is 0.588. The van der Waals surface area contributed by atoms with E-state index in [0.29, 0.717) is 18.9 Å². The average Bonchev–Trinajstić information content (AvgIpc) is 2.71. The highest BCUT2D eigenvalue weighted by Gasteiger charge is 2.37. The van der Waals surface area contributed by atoms with Crippen LogP contribution in [-0.2, 0) is 4.79 Å². The number of carbonyl (C=O) groups excluding carboxylic acids is 1. The van der Waals surface area contributed by atoms with Crippen molar-refractivity contribution >= 4 is 5.91 Å². The number of amides is 1. The van der Waals surface area contributed by atoms with Crippen molar-refractivity contribution in [2.45, 2.75) is 40.2 Å². The fourth-order valence-electron chi connectivity index (χ4n) is 2.69. The van der Waals surface area contributed by atoms with Crippen molar-refractivity contribution in [2.75, 3.05) is 13.1 Å². The third kappa shape index (κ3) is 3.40. The van der Waals surface area contributed by atoms with Crippen LogP contribution in [0.3, 0.4) is 0 Å². The van der Waals surface area contributed by atoms with Gasteiger partial charge in [0.1, 0.15) is 0 Å². The van der Waals surface area contributed by atoms with Crippen LogP contribution >= 0.6 is 0 Å². The lowest BCUT2D eigenvalue weighted by molar-refractivity contribution is -0.128. The summed E-state index contributed by atoms with van der Waals surface area (Å²) >= 11 is 0. The molecular weight excluding hydrogens is 248 g/mol. The summed E-state index contributed by atoms with van der Waals surface area (Å²) in [4.78, 5) is 14.1. The second-order valence-corrected chi connectivity index (χ2v) is 7.08. The number of nitrogens with zero attached hydrogens (tertiary/aromatic N) is 1. The molecular formula is C17H26N2O. The van der Waals surface area contributed by atoms with Crippen molar-refractivity contribution in [1.29, 1.82) is 0 Å². The van der Waals surface area contributed by atoms with Gasteiger partial charge in [0.25, 0.3) is 0 Å². The molecule has 1 amide bonds. The highest BCUT2D eigenvalue weighted by atomic mass is 16.2. The lowest BCUT2D eigenvalue weighted by atomic mass is 9.80. The van der Waals surface area contributed by atoms with Gasteiger partial charge in [-0.15, -0.1) is 0 Å². The Morgan fingerprint density at radius 2 is 1.90 bits per heavy atom. The Kier molecular flexibility index (Phi) is 4.19. The molecule has 1 heterocycles. The second kappa shape index (κ2) is 5.57. The van der Waals surface area contributed by atoms with Gasteiger partial charge in [0.2, 0.25) is 5.91 Å². The summed E-state index contributed by atoms with van der Waals surface area (Å²) in [7, 11) is 0. The van der Waals surface area contributed by atoms with Crippen molar-refractivity contribution in [3.05, 3.63) is 35.4 Å². The fourth-order valence-corrected chi connectivity index (χ4v) is 2.69. The second-order valence-electron chi connectivity index (χ2n) is 7.08. The van der Waals surface area contributed by atoms with Gasteiger partial charge in [-0.05, 0) is 23.8 Å². The first kappa shape index (κ1) is 15.0. The van der Waals surface area contributed by atoms with Gasteiger partial charge in [0, 0.05) is 25.6 Å². The molecule has 1 saturated heterocycles. The van der Waals surface area contributed by atoms with Crippen LogP contribution < -0.4 is 5.73 Å². The molecule has 3 heteroatoms. The van der Waals surface area contributed by atoms with Crippen LogP contribution in [0.1, 0.15) is 44.4 Å². The largest absolute Gasteiger partial charge is 0.340 e. The molecule has 20 heavy (non-hydrogen) atoms. The standard InChI is InChI=1S/C17H26N2O/c1-12-5-7-13(8-6-12)15(18)11-19-10-14(9-16(19)20)17(2,3)4/h5-8,14-15H,9-11,18H2,1-4H3. The summed E-state index contributed by atoms with van der Waals surface area (Å²) < 4.78 is 0. The minimum Gasteiger partial charge on any atom is -0.340 e. The highest BCUT2D eigenvalue weighted by molar-refractivity contribution is 5.78. The van der Waals surface area contributed by atoms with E-state index >= 15 is 0 Å². The van der Waals surface area contributed by atoms with Gasteiger partial charge < -0.3 is 10.6 Å². The van der Waals surface area contributed by atoms with Crippen LogP contribution in [0, 0.1) is 18.3 Å². The summed E-state index contributed by atoms with van der Waals surface area (Å²) in [6.07, 6.45) is 0.657. The summed E-state index contributed by atoms with van der Waals surface area (Å²) in [5.74, 6) is 0.674. The van der Waals surface area contributed by atoms with Gasteiger partial charge in [-0.3, -0.25) is 4.79 Å². The van der Waals surface area contributed by atoms with Crippen LogP contribution in [0.5, 0.6) is 0 Å². The Morgan fingerprint density at radius 1 is 1.30 bits per heavy atom. The summed E-state index contributed by atoms with van der Waals surface area (Å²) in [6.45, 7) is 10.1. The first-order valence-corrected chi connectivity index (χ1v) is 7.37. The van der Waals surface area contributed by atoms with Crippen LogP contribution in [0.15, 0.2) is 24.3 Å². The van der Waals surface area contributed by atoms with Crippen LogP contribution in [0.25, 0.3) is 0 Å². The van der Waals surface area contributed by atoms with E-state index in [4.69, 9.17) is 5.73 Å². The lowest BCUT2D eigenvalue weighted by Gasteiger charge is -2.27. The predicted molar refractivity (Wildman–Crippen MR) is 82.2 cm³/mol. The number of benzene rings is 1. The number of carbonyl (C=O) groups is 1. The third-order valence-corrected chi connectivity index (χ3v) is 4.36. The van der Waals surface area contributed by atoms with E-state index in [1.54, 1.807) is 0 Å². The predicted octanol–water partition coefficient (Wildman–Crippen LogP) is 2.89. The van der Waals surface area contributed by atoms with E-state index in [0.717, 1.165) is 12.1 Å². The van der Waals surface area contributed by atoms with Gasteiger partial charge in [0.15, 0.2) is 0 Å². The summed E-state index contributed by atoms with van der Waals surface area (Å²) in [5.41, 5.74) is 8.75. The molecule has 2 rings (SSSR count). The first-order valence-electron chi connectivity index (χ1n) is 7.37. The molecule has 1 aromatic carbocycles. The topological polar surface area (TPSA) is 46.3 Å². The van der Waals surface area contributed by atoms with Gasteiger partial charge >= 0.3 is 0 Å². The van der Waals surface area contributed by atoms with Crippen molar-refractivity contribution in [2.24, 2.45) is 17.1 Å². The summed E-state index contributed by atoms with van der Waals surface area (Å²) in [5, 5.41) is 0. The zero-order valence-electron chi connectivity index (χ0n) is 13.0. The van der Waals surface area contributed by atoms with E-state index in [1.807, 2.05) is 4.90 Å². The van der Waals surface area contributed by atoms with E-state index in [9.17, 15) is 4.79 Å². The quantitative estimate of drug-likeness (QED) is 0.921. The number of hydrogen-bond donors (Lipinski definition) is 1. The van der Waals surface area contributed by atoms with Crippen molar-refractivity contribution in [3.63, 3.8) is 0 Å². The zero-order chi connectivity index (χ0) is 14.9. The monoisotopic (exact) mass is 274 g/mol. The molecule has 0 aromatic heterocycles. The van der Waals surface area contributed by atoms with Gasteiger partial charge in [-0.1, -0.05) is 50.6 Å². The van der Waals surface area contributed by atoms with E-state index < -0.39 is 0 Å². The van der Waals surface area contributed by atoms with Crippen LogP contribution in [0.4, 0.5) is 0 Å². The molecule has 2 unspecified atom stereocenters. The molecule has 1 aliphatic heterocycles. The molecule has 1 fully saturated rings. The van der Waals surface area contributed by atoms with E-state index in [1.165, 1.54) is 5.56 Å². The van der Waals surface area contributed by atoms with Crippen molar-refractivity contribution < 1.29 is 4.79 Å². The number of rotatable bonds is 3. The lowest BCUT2D eigenvalue weighted by Crippen LogP contribution is -2.34. The van der Waals surface area contributed by atoms with Gasteiger partial charge in [0.05, 0.1) is 0 Å². The minimum absolute atomic E-state index is 0.0988. The molecule has 3 nitrogen and oxygen atoms in total. The Hall–Kier alpha value is -1.35. The van der Waals surface area contributed by atoms with Gasteiger partial charge in [-0.2, -0.15) is 0 Å². The molecule has 1 aliphatic rings. The number of nitrogens with two attached hydrogens (primary N) is 1. The molecule has 1 aromatic rings. The Morgan fingerprint density at radius 3 is 2.40 bits per heavy atom. The maximum Gasteiger partial charge on any atom is 0.223 e. The van der Waals surface area contributed by atoms with E-state index in [2.05, 4.69) is 52.0 Å². The molecule has 110 valence electrons.